The van der Waals surface area contributed by atoms with Gasteiger partial charge in [-0.2, -0.15) is 0 Å². The Balaban J connectivity index is 0.00000256. The van der Waals surface area contributed by atoms with Crippen molar-refractivity contribution in [1.29, 1.82) is 0 Å². The number of nitrogens with one attached hydrogen (secondary N) is 1. The number of nitrogens with two attached hydrogens (primary N) is 1. The molecule has 7 heteroatoms. The Morgan fingerprint density at radius 3 is 2.24 bits per heavy atom. The second-order valence-electron chi connectivity index (χ2n) is 3.36. The minimum absolute atomic E-state index is 0. The Labute approximate surface area is 103 Å². The highest BCUT2D eigenvalue weighted by Gasteiger charge is 2.15. The van der Waals surface area contributed by atoms with Gasteiger partial charge in [0.05, 0.1) is 0 Å². The van der Waals surface area contributed by atoms with Crippen molar-refractivity contribution in [2.24, 2.45) is 5.73 Å². The van der Waals surface area contributed by atoms with Gasteiger partial charge < -0.3 is 11.1 Å². The van der Waals surface area contributed by atoms with Crippen molar-refractivity contribution in [3.8, 4) is 0 Å². The van der Waals surface area contributed by atoms with Gasteiger partial charge in [0.25, 0.3) is 5.91 Å². The first-order valence-electron chi connectivity index (χ1n) is 4.61. The number of carbonyl (C=O) groups is 1. The minimum atomic E-state index is -1.59. The van der Waals surface area contributed by atoms with Gasteiger partial charge in [-0.1, -0.05) is 0 Å². The van der Waals surface area contributed by atoms with Crippen molar-refractivity contribution in [1.82, 2.24) is 5.32 Å². The van der Waals surface area contributed by atoms with Crippen molar-refractivity contribution in [2.75, 3.05) is 6.54 Å². The maximum absolute atomic E-state index is 12.8. The molecule has 0 saturated heterocycles. The van der Waals surface area contributed by atoms with Crippen LogP contribution in [0.25, 0.3) is 0 Å². The summed E-state index contributed by atoms with van der Waals surface area (Å²) in [5.41, 5.74) is 4.98. The van der Waals surface area contributed by atoms with Gasteiger partial charge in [-0.25, -0.2) is 13.2 Å². The van der Waals surface area contributed by atoms with E-state index in [1.807, 2.05) is 0 Å². The van der Waals surface area contributed by atoms with E-state index in [9.17, 15) is 18.0 Å². The summed E-state index contributed by atoms with van der Waals surface area (Å²) in [6, 6.07) is 0.942. The third-order valence-electron chi connectivity index (χ3n) is 1.98. The third-order valence-corrected chi connectivity index (χ3v) is 1.98. The second kappa shape index (κ2) is 6.46. The highest BCUT2D eigenvalue weighted by Crippen LogP contribution is 2.13. The van der Waals surface area contributed by atoms with Crippen LogP contribution in [0.5, 0.6) is 0 Å². The van der Waals surface area contributed by atoms with E-state index >= 15 is 0 Å². The van der Waals surface area contributed by atoms with Gasteiger partial charge in [0.2, 0.25) is 0 Å². The molecule has 0 aromatic heterocycles. The van der Waals surface area contributed by atoms with Crippen LogP contribution in [0.15, 0.2) is 12.1 Å². The van der Waals surface area contributed by atoms with Gasteiger partial charge in [-0.3, -0.25) is 4.79 Å². The summed E-state index contributed by atoms with van der Waals surface area (Å²) >= 11 is 0. The first-order valence-corrected chi connectivity index (χ1v) is 4.61. The van der Waals surface area contributed by atoms with Crippen LogP contribution in [0.3, 0.4) is 0 Å². The number of hydrogen-bond acceptors (Lipinski definition) is 2. The third kappa shape index (κ3) is 3.90. The fourth-order valence-corrected chi connectivity index (χ4v) is 1.05. The Bertz CT molecular complexity index is 392. The number of amides is 1. The van der Waals surface area contributed by atoms with Crippen LogP contribution < -0.4 is 11.1 Å². The zero-order valence-corrected chi connectivity index (χ0v) is 9.78. The summed E-state index contributed by atoms with van der Waals surface area (Å²) in [6.45, 7) is 1.83. The molecule has 17 heavy (non-hydrogen) atoms. The zero-order valence-electron chi connectivity index (χ0n) is 8.97. The van der Waals surface area contributed by atoms with E-state index in [1.165, 1.54) is 0 Å². The lowest BCUT2D eigenvalue weighted by molar-refractivity contribution is 0.0940. The van der Waals surface area contributed by atoms with Crippen molar-refractivity contribution in [2.45, 2.75) is 13.0 Å². The molecular weight excluding hydrogens is 257 g/mol. The molecule has 1 rings (SSSR count). The highest BCUT2D eigenvalue weighted by atomic mass is 35.5. The van der Waals surface area contributed by atoms with Crippen LogP contribution in [-0.4, -0.2) is 18.5 Å². The topological polar surface area (TPSA) is 55.1 Å². The molecule has 1 amide bonds. The predicted octanol–water partition coefficient (Wildman–Crippen LogP) is 1.60. The van der Waals surface area contributed by atoms with Crippen molar-refractivity contribution >= 4 is 18.3 Å². The van der Waals surface area contributed by atoms with Crippen molar-refractivity contribution in [3.05, 3.63) is 35.1 Å². The molecule has 3 N–H and O–H groups in total. The summed E-state index contributed by atoms with van der Waals surface area (Å²) in [4.78, 5) is 11.4. The van der Waals surface area contributed by atoms with Gasteiger partial charge in [-0.15, -0.1) is 12.4 Å². The highest BCUT2D eigenvalue weighted by molar-refractivity contribution is 5.94. The van der Waals surface area contributed by atoms with Crippen LogP contribution in [0.2, 0.25) is 0 Å². The Kier molecular flexibility index (Phi) is 5.98. The van der Waals surface area contributed by atoms with E-state index in [2.05, 4.69) is 5.32 Å². The van der Waals surface area contributed by atoms with E-state index in [4.69, 9.17) is 5.73 Å². The molecule has 0 aliphatic rings. The maximum atomic E-state index is 12.8. The summed E-state index contributed by atoms with van der Waals surface area (Å²) in [5, 5.41) is 2.40. The van der Waals surface area contributed by atoms with Crippen LogP contribution in [0, 0.1) is 17.5 Å². The van der Waals surface area contributed by atoms with Crippen LogP contribution in [0.4, 0.5) is 13.2 Å². The molecule has 0 unspecified atom stereocenters. The Morgan fingerprint density at radius 1 is 1.35 bits per heavy atom. The Morgan fingerprint density at radius 2 is 1.82 bits per heavy atom. The van der Waals surface area contributed by atoms with Crippen molar-refractivity contribution < 1.29 is 18.0 Å². The largest absolute Gasteiger partial charge is 0.348 e. The average Bonchev–Trinajstić information content (AvgIpc) is 2.24. The summed E-state index contributed by atoms with van der Waals surface area (Å²) in [5.74, 6) is -5.09. The molecule has 1 aromatic rings. The average molecular weight is 269 g/mol. The van der Waals surface area contributed by atoms with Gasteiger partial charge in [0.15, 0.2) is 17.5 Å². The molecule has 0 aliphatic heterocycles. The molecule has 1 atom stereocenters. The number of rotatable bonds is 3. The predicted molar refractivity (Wildman–Crippen MR) is 59.5 cm³/mol. The van der Waals surface area contributed by atoms with Crippen LogP contribution in [-0.2, 0) is 0 Å². The van der Waals surface area contributed by atoms with E-state index in [1.54, 1.807) is 6.92 Å². The molecular formula is C10H12ClF3N2O. The molecule has 1 aromatic carbocycles. The van der Waals surface area contributed by atoms with E-state index < -0.39 is 23.4 Å². The molecule has 0 bridgehead atoms. The Hall–Kier alpha value is -1.27. The quantitative estimate of drug-likeness (QED) is 0.818. The molecule has 0 radical (unpaired) electrons. The first kappa shape index (κ1) is 15.7. The molecule has 0 aliphatic carbocycles. The fourth-order valence-electron chi connectivity index (χ4n) is 1.05. The molecule has 0 heterocycles. The summed E-state index contributed by atoms with van der Waals surface area (Å²) < 4.78 is 38.2. The van der Waals surface area contributed by atoms with Gasteiger partial charge >= 0.3 is 0 Å². The summed E-state index contributed by atoms with van der Waals surface area (Å²) in [6.07, 6.45) is 0. The molecule has 3 nitrogen and oxygen atoms in total. The van der Waals surface area contributed by atoms with Gasteiger partial charge in [0, 0.05) is 18.2 Å². The number of hydrogen-bond donors (Lipinski definition) is 2. The van der Waals surface area contributed by atoms with Crippen LogP contribution in [0.1, 0.15) is 17.3 Å². The van der Waals surface area contributed by atoms with E-state index in [-0.39, 0.29) is 30.6 Å². The first-order chi connectivity index (χ1) is 7.45. The second-order valence-corrected chi connectivity index (χ2v) is 3.36. The lowest BCUT2D eigenvalue weighted by Crippen LogP contribution is -2.37. The van der Waals surface area contributed by atoms with E-state index in [0.717, 1.165) is 0 Å². The van der Waals surface area contributed by atoms with E-state index in [0.29, 0.717) is 12.1 Å². The fraction of sp³-hybridized carbons (Fsp3) is 0.300. The lowest BCUT2D eigenvalue weighted by atomic mass is 10.2. The standard InChI is InChI=1S/C10H11F3N2O.ClH/c1-5(4-14)15-10(16)6-2-7(11)9(13)8(12)3-6;/h2-3,5H,4,14H2,1H3,(H,15,16);1H/t5-;/m0./s1. The SMILES string of the molecule is C[C@@H](CN)NC(=O)c1cc(F)c(F)c(F)c1.Cl. The normalized spacial score (nSPS) is 11.6. The maximum Gasteiger partial charge on any atom is 0.251 e. The number of benzene rings is 1. The van der Waals surface area contributed by atoms with Crippen LogP contribution >= 0.6 is 12.4 Å². The lowest BCUT2D eigenvalue weighted by Gasteiger charge is -2.11. The molecule has 0 saturated carbocycles. The molecule has 96 valence electrons. The van der Waals surface area contributed by atoms with Gasteiger partial charge in [0.1, 0.15) is 0 Å². The molecule has 0 fully saturated rings. The monoisotopic (exact) mass is 268 g/mol. The van der Waals surface area contributed by atoms with Gasteiger partial charge in [-0.05, 0) is 19.1 Å². The smallest absolute Gasteiger partial charge is 0.251 e. The molecule has 0 spiro atoms. The van der Waals surface area contributed by atoms with Crippen molar-refractivity contribution in [3.63, 3.8) is 0 Å². The number of halogens is 4. The number of carbonyl (C=O) groups excluding carboxylic acids is 1. The zero-order chi connectivity index (χ0) is 12.3. The summed E-state index contributed by atoms with van der Waals surface area (Å²) in [7, 11) is 0. The minimum Gasteiger partial charge on any atom is -0.348 e.